The van der Waals surface area contributed by atoms with Gasteiger partial charge in [-0.2, -0.15) is 0 Å². The standard InChI is InChI=1S/C21H30N4O3S/c1-14-17(15(2)28-23-14)10-25-7-4-16-18(12-29-19(16)11-25)20(26)22-13-21(27)5-8-24(3)9-6-21/h12,27H,4-11,13H2,1-3H3,(H,22,26). The molecule has 7 nitrogen and oxygen atoms in total. The van der Waals surface area contributed by atoms with Crippen LogP contribution in [0.5, 0.6) is 0 Å². The Morgan fingerprint density at radius 1 is 1.34 bits per heavy atom. The van der Waals surface area contributed by atoms with Gasteiger partial charge in [0.1, 0.15) is 5.76 Å². The molecule has 2 aliphatic heterocycles. The number of carbonyl (C=O) groups is 1. The number of piperidine rings is 1. The fourth-order valence-corrected chi connectivity index (χ4v) is 5.33. The third-order valence-corrected chi connectivity index (χ3v) is 7.34. The summed E-state index contributed by atoms with van der Waals surface area (Å²) in [6, 6.07) is 0. The fourth-order valence-electron chi connectivity index (χ4n) is 4.21. The van der Waals surface area contributed by atoms with Gasteiger partial charge in [0, 0.05) is 55.1 Å². The van der Waals surface area contributed by atoms with Crippen molar-refractivity contribution in [1.29, 1.82) is 0 Å². The van der Waals surface area contributed by atoms with E-state index in [1.807, 2.05) is 19.2 Å². The minimum atomic E-state index is -0.788. The first kappa shape index (κ1) is 20.5. The largest absolute Gasteiger partial charge is 0.388 e. The van der Waals surface area contributed by atoms with Crippen LogP contribution in [-0.2, 0) is 19.5 Å². The molecule has 2 aliphatic rings. The van der Waals surface area contributed by atoms with E-state index in [1.54, 1.807) is 11.3 Å². The van der Waals surface area contributed by atoms with Crippen molar-refractivity contribution in [2.45, 2.75) is 51.8 Å². The molecule has 158 valence electrons. The number of likely N-dealkylation sites (tertiary alicyclic amines) is 1. The Kier molecular flexibility index (Phi) is 5.79. The summed E-state index contributed by atoms with van der Waals surface area (Å²) in [5.41, 5.74) is 3.26. The first-order valence-electron chi connectivity index (χ1n) is 10.3. The summed E-state index contributed by atoms with van der Waals surface area (Å²) in [4.78, 5) is 18.6. The first-order valence-corrected chi connectivity index (χ1v) is 11.1. The van der Waals surface area contributed by atoms with Gasteiger partial charge >= 0.3 is 0 Å². The van der Waals surface area contributed by atoms with Crippen molar-refractivity contribution in [3.8, 4) is 0 Å². The Morgan fingerprint density at radius 2 is 2.10 bits per heavy atom. The molecule has 0 atom stereocenters. The van der Waals surface area contributed by atoms with Crippen molar-refractivity contribution in [3.05, 3.63) is 38.4 Å². The molecule has 2 aromatic rings. The van der Waals surface area contributed by atoms with Gasteiger partial charge in [-0.3, -0.25) is 9.69 Å². The number of hydrogen-bond donors (Lipinski definition) is 2. The van der Waals surface area contributed by atoms with Crippen LogP contribution >= 0.6 is 11.3 Å². The van der Waals surface area contributed by atoms with E-state index in [4.69, 9.17) is 4.52 Å². The highest BCUT2D eigenvalue weighted by Crippen LogP contribution is 2.30. The lowest BCUT2D eigenvalue weighted by Gasteiger charge is -2.36. The van der Waals surface area contributed by atoms with Crippen LogP contribution in [0, 0.1) is 13.8 Å². The Labute approximate surface area is 175 Å². The summed E-state index contributed by atoms with van der Waals surface area (Å²) in [7, 11) is 2.06. The number of nitrogens with zero attached hydrogens (tertiary/aromatic N) is 3. The molecule has 4 heterocycles. The van der Waals surface area contributed by atoms with E-state index >= 15 is 0 Å². The zero-order valence-corrected chi connectivity index (χ0v) is 18.3. The Morgan fingerprint density at radius 3 is 2.79 bits per heavy atom. The number of hydrogen-bond acceptors (Lipinski definition) is 7. The molecular formula is C21H30N4O3S. The lowest BCUT2D eigenvalue weighted by molar-refractivity contribution is -0.0135. The van der Waals surface area contributed by atoms with Crippen molar-refractivity contribution in [1.82, 2.24) is 20.3 Å². The number of thiophene rings is 1. The Bertz CT molecular complexity index is 863. The number of nitrogens with one attached hydrogen (secondary N) is 1. The van der Waals surface area contributed by atoms with Crippen LogP contribution in [0.4, 0.5) is 0 Å². The third-order valence-electron chi connectivity index (χ3n) is 6.33. The zero-order chi connectivity index (χ0) is 20.6. The maximum absolute atomic E-state index is 12.8. The second-order valence-electron chi connectivity index (χ2n) is 8.52. The van der Waals surface area contributed by atoms with Gasteiger partial charge in [-0.1, -0.05) is 5.16 Å². The molecular weight excluding hydrogens is 388 g/mol. The van der Waals surface area contributed by atoms with Gasteiger partial charge in [0.2, 0.25) is 0 Å². The van der Waals surface area contributed by atoms with Crippen LogP contribution in [0.1, 0.15) is 50.7 Å². The quantitative estimate of drug-likeness (QED) is 0.774. The van der Waals surface area contributed by atoms with Gasteiger partial charge < -0.3 is 19.8 Å². The molecule has 1 fully saturated rings. The van der Waals surface area contributed by atoms with Crippen LogP contribution in [0.15, 0.2) is 9.90 Å². The predicted octanol–water partition coefficient (Wildman–Crippen LogP) is 2.10. The number of amides is 1. The van der Waals surface area contributed by atoms with Gasteiger partial charge in [-0.25, -0.2) is 0 Å². The van der Waals surface area contributed by atoms with E-state index in [0.29, 0.717) is 19.4 Å². The maximum Gasteiger partial charge on any atom is 0.252 e. The highest BCUT2D eigenvalue weighted by atomic mass is 32.1. The topological polar surface area (TPSA) is 81.8 Å². The van der Waals surface area contributed by atoms with Gasteiger partial charge in [0.15, 0.2) is 0 Å². The fraction of sp³-hybridized carbons (Fsp3) is 0.619. The number of fused-ring (bicyclic) bond motifs is 1. The molecule has 0 radical (unpaired) electrons. The van der Waals surface area contributed by atoms with Crippen LogP contribution in [-0.4, -0.2) is 64.8 Å². The van der Waals surface area contributed by atoms with Gasteiger partial charge in [0.05, 0.1) is 16.9 Å². The molecule has 8 heteroatoms. The number of aryl methyl sites for hydroxylation is 2. The first-order chi connectivity index (χ1) is 13.8. The van der Waals surface area contributed by atoms with Crippen LogP contribution < -0.4 is 5.32 Å². The van der Waals surface area contributed by atoms with Crippen LogP contribution in [0.2, 0.25) is 0 Å². The maximum atomic E-state index is 12.8. The zero-order valence-electron chi connectivity index (χ0n) is 17.5. The molecule has 4 rings (SSSR count). The van der Waals surface area contributed by atoms with E-state index in [0.717, 1.165) is 67.3 Å². The van der Waals surface area contributed by atoms with Crippen LogP contribution in [0.25, 0.3) is 0 Å². The van der Waals surface area contributed by atoms with Crippen molar-refractivity contribution < 1.29 is 14.4 Å². The van der Waals surface area contributed by atoms with Crippen molar-refractivity contribution in [2.24, 2.45) is 0 Å². The van der Waals surface area contributed by atoms with Crippen molar-refractivity contribution in [2.75, 3.05) is 33.2 Å². The average molecular weight is 419 g/mol. The molecule has 0 aromatic carbocycles. The molecule has 0 unspecified atom stereocenters. The minimum Gasteiger partial charge on any atom is -0.388 e. The summed E-state index contributed by atoms with van der Waals surface area (Å²) in [6.07, 6.45) is 2.25. The molecule has 0 bridgehead atoms. The average Bonchev–Trinajstić information content (AvgIpc) is 3.27. The SMILES string of the molecule is Cc1noc(C)c1CN1CCc2c(C(=O)NCC3(O)CCN(C)CC3)csc2C1. The van der Waals surface area contributed by atoms with E-state index < -0.39 is 5.60 Å². The highest BCUT2D eigenvalue weighted by Gasteiger charge is 2.32. The van der Waals surface area contributed by atoms with Crippen LogP contribution in [0.3, 0.4) is 0 Å². The summed E-state index contributed by atoms with van der Waals surface area (Å²) in [5, 5.41) is 19.7. The van der Waals surface area contributed by atoms with Gasteiger partial charge in [-0.15, -0.1) is 11.3 Å². The lowest BCUT2D eigenvalue weighted by Crippen LogP contribution is -2.50. The predicted molar refractivity (Wildman–Crippen MR) is 112 cm³/mol. The molecule has 0 saturated carbocycles. The molecule has 2 N–H and O–H groups in total. The number of aliphatic hydroxyl groups is 1. The number of carbonyl (C=O) groups excluding carboxylic acids is 1. The number of aromatic nitrogens is 1. The van der Waals surface area contributed by atoms with Crippen molar-refractivity contribution >= 4 is 17.2 Å². The van der Waals surface area contributed by atoms with E-state index in [-0.39, 0.29) is 5.91 Å². The smallest absolute Gasteiger partial charge is 0.252 e. The molecule has 0 spiro atoms. The Balaban J connectivity index is 1.37. The van der Waals surface area contributed by atoms with Gasteiger partial charge in [0.25, 0.3) is 5.91 Å². The molecule has 29 heavy (non-hydrogen) atoms. The number of rotatable bonds is 5. The third kappa shape index (κ3) is 4.40. The summed E-state index contributed by atoms with van der Waals surface area (Å²) < 4.78 is 5.28. The Hall–Kier alpha value is -1.74. The monoisotopic (exact) mass is 418 g/mol. The molecule has 0 aliphatic carbocycles. The second-order valence-corrected chi connectivity index (χ2v) is 9.49. The lowest BCUT2D eigenvalue weighted by atomic mass is 9.91. The summed E-state index contributed by atoms with van der Waals surface area (Å²) in [6.45, 7) is 8.55. The highest BCUT2D eigenvalue weighted by molar-refractivity contribution is 7.10. The summed E-state index contributed by atoms with van der Waals surface area (Å²) in [5.74, 6) is 0.820. The normalized spacial score (nSPS) is 19.9. The van der Waals surface area contributed by atoms with E-state index in [9.17, 15) is 9.90 Å². The van der Waals surface area contributed by atoms with E-state index in [2.05, 4.69) is 27.3 Å². The second kappa shape index (κ2) is 8.18. The minimum absolute atomic E-state index is 0.0611. The molecule has 1 saturated heterocycles. The van der Waals surface area contributed by atoms with E-state index in [1.165, 1.54) is 4.88 Å². The summed E-state index contributed by atoms with van der Waals surface area (Å²) >= 11 is 1.66. The van der Waals surface area contributed by atoms with Crippen molar-refractivity contribution in [3.63, 3.8) is 0 Å². The molecule has 1 amide bonds. The van der Waals surface area contributed by atoms with Gasteiger partial charge in [-0.05, 0) is 45.7 Å². The molecule has 2 aromatic heterocycles.